The SMILES string of the molecule is CCC(=O)N[C@H](C)c1ccc(F)cc1. The molecule has 76 valence electrons. The first kappa shape index (κ1) is 10.7. The Labute approximate surface area is 83.1 Å². The van der Waals surface area contributed by atoms with Gasteiger partial charge in [-0.3, -0.25) is 4.79 Å². The number of carbonyl (C=O) groups excluding carboxylic acids is 1. The van der Waals surface area contributed by atoms with E-state index >= 15 is 0 Å². The van der Waals surface area contributed by atoms with Crippen LogP contribution in [-0.2, 0) is 4.79 Å². The summed E-state index contributed by atoms with van der Waals surface area (Å²) in [7, 11) is 0. The molecule has 3 heteroatoms. The van der Waals surface area contributed by atoms with Crippen molar-refractivity contribution in [3.8, 4) is 0 Å². The monoisotopic (exact) mass is 195 g/mol. The maximum absolute atomic E-state index is 12.6. The van der Waals surface area contributed by atoms with Crippen LogP contribution in [0.3, 0.4) is 0 Å². The van der Waals surface area contributed by atoms with E-state index in [-0.39, 0.29) is 17.8 Å². The number of amides is 1. The molecule has 14 heavy (non-hydrogen) atoms. The summed E-state index contributed by atoms with van der Waals surface area (Å²) >= 11 is 0. The van der Waals surface area contributed by atoms with Crippen molar-refractivity contribution >= 4 is 5.91 Å². The van der Waals surface area contributed by atoms with Crippen LogP contribution in [0.15, 0.2) is 24.3 Å². The standard InChI is InChI=1S/C11H14FNO/c1-3-11(14)13-8(2)9-4-6-10(12)7-5-9/h4-8H,3H2,1-2H3,(H,13,14)/t8-/m1/s1. The summed E-state index contributed by atoms with van der Waals surface area (Å²) in [5.41, 5.74) is 0.910. The van der Waals surface area contributed by atoms with Crippen molar-refractivity contribution in [3.63, 3.8) is 0 Å². The van der Waals surface area contributed by atoms with E-state index in [1.54, 1.807) is 19.1 Å². The second-order valence-corrected chi connectivity index (χ2v) is 3.19. The van der Waals surface area contributed by atoms with E-state index in [4.69, 9.17) is 0 Å². The van der Waals surface area contributed by atoms with Crippen molar-refractivity contribution in [2.45, 2.75) is 26.3 Å². The van der Waals surface area contributed by atoms with Crippen LogP contribution in [0.5, 0.6) is 0 Å². The van der Waals surface area contributed by atoms with Gasteiger partial charge in [0.1, 0.15) is 5.82 Å². The summed E-state index contributed by atoms with van der Waals surface area (Å²) in [4.78, 5) is 11.1. The number of rotatable bonds is 3. The molecule has 1 atom stereocenters. The van der Waals surface area contributed by atoms with Gasteiger partial charge in [0.2, 0.25) is 5.91 Å². The number of carbonyl (C=O) groups is 1. The summed E-state index contributed by atoms with van der Waals surface area (Å²) in [6, 6.07) is 6.07. The zero-order valence-corrected chi connectivity index (χ0v) is 8.38. The molecule has 0 bridgehead atoms. The molecule has 0 saturated carbocycles. The van der Waals surface area contributed by atoms with Crippen LogP contribution in [-0.4, -0.2) is 5.91 Å². The fourth-order valence-electron chi connectivity index (χ4n) is 1.18. The lowest BCUT2D eigenvalue weighted by atomic mass is 10.1. The molecule has 0 aliphatic heterocycles. The van der Waals surface area contributed by atoms with Gasteiger partial charge in [0.15, 0.2) is 0 Å². The van der Waals surface area contributed by atoms with E-state index in [1.807, 2.05) is 6.92 Å². The second-order valence-electron chi connectivity index (χ2n) is 3.19. The van der Waals surface area contributed by atoms with E-state index in [0.717, 1.165) is 5.56 Å². The van der Waals surface area contributed by atoms with Gasteiger partial charge in [0, 0.05) is 6.42 Å². The van der Waals surface area contributed by atoms with E-state index in [2.05, 4.69) is 5.32 Å². The van der Waals surface area contributed by atoms with Crippen molar-refractivity contribution in [1.82, 2.24) is 5.32 Å². The zero-order chi connectivity index (χ0) is 10.6. The average molecular weight is 195 g/mol. The first-order chi connectivity index (χ1) is 6.63. The predicted octanol–water partition coefficient (Wildman–Crippen LogP) is 2.41. The largest absolute Gasteiger partial charge is 0.350 e. The first-order valence-corrected chi connectivity index (χ1v) is 4.68. The Morgan fingerprint density at radius 3 is 2.50 bits per heavy atom. The molecule has 2 nitrogen and oxygen atoms in total. The van der Waals surface area contributed by atoms with Crippen molar-refractivity contribution in [1.29, 1.82) is 0 Å². The first-order valence-electron chi connectivity index (χ1n) is 4.68. The molecule has 1 aromatic carbocycles. The summed E-state index contributed by atoms with van der Waals surface area (Å²) in [6.45, 7) is 3.67. The van der Waals surface area contributed by atoms with E-state index in [9.17, 15) is 9.18 Å². The Bertz CT molecular complexity index is 308. The van der Waals surface area contributed by atoms with Crippen LogP contribution < -0.4 is 5.32 Å². The normalized spacial score (nSPS) is 12.2. The third-order valence-electron chi connectivity index (χ3n) is 2.07. The highest BCUT2D eigenvalue weighted by molar-refractivity contribution is 5.75. The molecule has 0 saturated heterocycles. The maximum atomic E-state index is 12.6. The minimum Gasteiger partial charge on any atom is -0.350 e. The van der Waals surface area contributed by atoms with Crippen LogP contribution in [0.2, 0.25) is 0 Å². The van der Waals surface area contributed by atoms with Gasteiger partial charge >= 0.3 is 0 Å². The minimum absolute atomic E-state index is 0.00169. The molecule has 1 rings (SSSR count). The average Bonchev–Trinajstić information content (AvgIpc) is 2.18. The third-order valence-corrected chi connectivity index (χ3v) is 2.07. The molecule has 1 N–H and O–H groups in total. The number of benzene rings is 1. The van der Waals surface area contributed by atoms with Crippen molar-refractivity contribution in [3.05, 3.63) is 35.6 Å². The van der Waals surface area contributed by atoms with E-state index in [1.165, 1.54) is 12.1 Å². The lowest BCUT2D eigenvalue weighted by Gasteiger charge is -2.13. The molecule has 0 radical (unpaired) electrons. The number of hydrogen-bond donors (Lipinski definition) is 1. The van der Waals surface area contributed by atoms with Gasteiger partial charge in [-0.25, -0.2) is 4.39 Å². The van der Waals surface area contributed by atoms with Crippen LogP contribution in [0.25, 0.3) is 0 Å². The lowest BCUT2D eigenvalue weighted by Crippen LogP contribution is -2.25. The third kappa shape index (κ3) is 2.83. The summed E-state index contributed by atoms with van der Waals surface area (Å²) in [6.07, 6.45) is 0.464. The number of hydrogen-bond acceptors (Lipinski definition) is 1. The molecular weight excluding hydrogens is 181 g/mol. The van der Waals surface area contributed by atoms with Crippen LogP contribution in [0.4, 0.5) is 4.39 Å². The van der Waals surface area contributed by atoms with Crippen molar-refractivity contribution in [2.75, 3.05) is 0 Å². The van der Waals surface area contributed by atoms with E-state index < -0.39 is 0 Å². The van der Waals surface area contributed by atoms with E-state index in [0.29, 0.717) is 6.42 Å². The predicted molar refractivity (Wildman–Crippen MR) is 53.2 cm³/mol. The second kappa shape index (κ2) is 4.74. The Balaban J connectivity index is 2.65. The Morgan fingerprint density at radius 1 is 1.43 bits per heavy atom. The fourth-order valence-corrected chi connectivity index (χ4v) is 1.18. The molecule has 0 heterocycles. The van der Waals surface area contributed by atoms with Gasteiger partial charge in [-0.2, -0.15) is 0 Å². The van der Waals surface area contributed by atoms with Gasteiger partial charge < -0.3 is 5.32 Å². The smallest absolute Gasteiger partial charge is 0.220 e. The highest BCUT2D eigenvalue weighted by atomic mass is 19.1. The lowest BCUT2D eigenvalue weighted by molar-refractivity contribution is -0.121. The minimum atomic E-state index is -0.261. The van der Waals surface area contributed by atoms with Gasteiger partial charge in [0.25, 0.3) is 0 Å². The van der Waals surface area contributed by atoms with Crippen molar-refractivity contribution in [2.24, 2.45) is 0 Å². The van der Waals surface area contributed by atoms with Gasteiger partial charge in [-0.15, -0.1) is 0 Å². The molecule has 0 fully saturated rings. The number of halogens is 1. The molecule has 0 spiro atoms. The number of nitrogens with one attached hydrogen (secondary N) is 1. The molecule has 0 aliphatic carbocycles. The highest BCUT2D eigenvalue weighted by Crippen LogP contribution is 2.12. The van der Waals surface area contributed by atoms with Crippen LogP contribution in [0.1, 0.15) is 31.9 Å². The summed E-state index contributed by atoms with van der Waals surface area (Å²) in [5.74, 6) is -0.260. The topological polar surface area (TPSA) is 29.1 Å². The molecule has 1 amide bonds. The Kier molecular flexibility index (Phi) is 3.63. The Hall–Kier alpha value is -1.38. The molecule has 0 unspecified atom stereocenters. The zero-order valence-electron chi connectivity index (χ0n) is 8.38. The van der Waals surface area contributed by atoms with Crippen LogP contribution >= 0.6 is 0 Å². The Morgan fingerprint density at radius 2 is 2.00 bits per heavy atom. The van der Waals surface area contributed by atoms with Gasteiger partial charge in [-0.1, -0.05) is 19.1 Å². The fraction of sp³-hybridized carbons (Fsp3) is 0.364. The molecule has 0 aliphatic rings. The highest BCUT2D eigenvalue weighted by Gasteiger charge is 2.07. The van der Waals surface area contributed by atoms with Crippen molar-refractivity contribution < 1.29 is 9.18 Å². The van der Waals surface area contributed by atoms with Crippen LogP contribution in [0, 0.1) is 5.82 Å². The summed E-state index contributed by atoms with van der Waals surface area (Å²) < 4.78 is 12.6. The molecule has 1 aromatic rings. The summed E-state index contributed by atoms with van der Waals surface area (Å²) in [5, 5.41) is 2.80. The quantitative estimate of drug-likeness (QED) is 0.788. The molecular formula is C11H14FNO. The van der Waals surface area contributed by atoms with Gasteiger partial charge in [-0.05, 0) is 24.6 Å². The van der Waals surface area contributed by atoms with Gasteiger partial charge in [0.05, 0.1) is 6.04 Å². The maximum Gasteiger partial charge on any atom is 0.220 e. The molecule has 0 aromatic heterocycles.